The van der Waals surface area contributed by atoms with E-state index in [1.54, 1.807) is 0 Å². The van der Waals surface area contributed by atoms with Crippen LogP contribution in [0.5, 0.6) is 0 Å². The van der Waals surface area contributed by atoms with Crippen LogP contribution in [0.25, 0.3) is 0 Å². The van der Waals surface area contributed by atoms with Gasteiger partial charge < -0.3 is 40.3 Å². The highest BCUT2D eigenvalue weighted by Gasteiger charge is 2.44. The maximum Gasteiger partial charge on any atom is 0.220 e. The summed E-state index contributed by atoms with van der Waals surface area (Å²) in [6.07, 6.45) is 22.0. The Morgan fingerprint density at radius 1 is 0.756 bits per heavy atom. The van der Waals surface area contributed by atoms with Gasteiger partial charge in [-0.05, 0) is 44.9 Å². The van der Waals surface area contributed by atoms with Gasteiger partial charge in [0.2, 0.25) is 5.91 Å². The van der Waals surface area contributed by atoms with E-state index >= 15 is 0 Å². The largest absolute Gasteiger partial charge is 0.394 e. The van der Waals surface area contributed by atoms with Gasteiger partial charge in [0.25, 0.3) is 0 Å². The first-order chi connectivity index (χ1) is 21.8. The molecule has 0 aromatic carbocycles. The number of hydrogen-bond acceptors (Lipinski definition) is 8. The van der Waals surface area contributed by atoms with Gasteiger partial charge in [-0.2, -0.15) is 0 Å². The molecule has 1 saturated heterocycles. The molecule has 6 N–H and O–H groups in total. The third kappa shape index (κ3) is 19.8. The van der Waals surface area contributed by atoms with E-state index in [0.29, 0.717) is 12.8 Å². The highest BCUT2D eigenvalue weighted by atomic mass is 16.7. The van der Waals surface area contributed by atoms with Gasteiger partial charge in [0.05, 0.1) is 25.4 Å². The van der Waals surface area contributed by atoms with Gasteiger partial charge in [-0.25, -0.2) is 0 Å². The van der Waals surface area contributed by atoms with Gasteiger partial charge in [-0.3, -0.25) is 4.79 Å². The fraction of sp³-hybridized carbons (Fsp3) is 0.861. The van der Waals surface area contributed by atoms with Crippen LogP contribution in [0.2, 0.25) is 0 Å². The van der Waals surface area contributed by atoms with Gasteiger partial charge >= 0.3 is 0 Å². The lowest BCUT2D eigenvalue weighted by atomic mass is 9.99. The predicted molar refractivity (Wildman–Crippen MR) is 180 cm³/mol. The maximum absolute atomic E-state index is 12.8. The lowest BCUT2D eigenvalue weighted by Gasteiger charge is -2.40. The van der Waals surface area contributed by atoms with Crippen LogP contribution in [0, 0.1) is 0 Å². The summed E-state index contributed by atoms with van der Waals surface area (Å²) in [6, 6.07) is -0.720. The minimum absolute atomic E-state index is 0.145. The second-order valence-corrected chi connectivity index (χ2v) is 12.7. The van der Waals surface area contributed by atoms with Gasteiger partial charge in [-0.1, -0.05) is 115 Å². The molecule has 0 saturated carbocycles. The Morgan fingerprint density at radius 2 is 1.31 bits per heavy atom. The van der Waals surface area contributed by atoms with E-state index in [1.807, 2.05) is 0 Å². The average molecular weight is 642 g/mol. The van der Waals surface area contributed by atoms with E-state index in [2.05, 4.69) is 43.5 Å². The Balaban J connectivity index is 2.42. The highest BCUT2D eigenvalue weighted by Crippen LogP contribution is 2.23. The van der Waals surface area contributed by atoms with Gasteiger partial charge in [0, 0.05) is 6.42 Å². The minimum atomic E-state index is -1.55. The number of amides is 1. The van der Waals surface area contributed by atoms with Crippen LogP contribution >= 0.6 is 0 Å². The number of unbranched alkanes of at least 4 members (excludes halogenated alkanes) is 14. The van der Waals surface area contributed by atoms with E-state index in [0.717, 1.165) is 64.2 Å². The van der Waals surface area contributed by atoms with Crippen LogP contribution in [-0.4, -0.2) is 87.5 Å². The van der Waals surface area contributed by atoms with Gasteiger partial charge in [0.15, 0.2) is 6.29 Å². The maximum atomic E-state index is 12.8. The van der Waals surface area contributed by atoms with E-state index < -0.39 is 49.5 Å². The molecule has 1 aliphatic heterocycles. The zero-order chi connectivity index (χ0) is 33.1. The molecule has 1 fully saturated rings. The minimum Gasteiger partial charge on any atom is -0.394 e. The van der Waals surface area contributed by atoms with Crippen LogP contribution in [0.1, 0.15) is 142 Å². The first kappa shape index (κ1) is 41.7. The molecule has 1 heterocycles. The third-order valence-electron chi connectivity index (χ3n) is 8.56. The number of allylic oxidation sites excluding steroid dienone is 4. The number of ether oxygens (including phenoxy) is 2. The number of carbonyl (C=O) groups is 1. The van der Waals surface area contributed by atoms with Gasteiger partial charge in [-0.15, -0.1) is 0 Å². The molecule has 9 nitrogen and oxygen atoms in total. The number of hydrogen-bond donors (Lipinski definition) is 6. The molecule has 0 aliphatic carbocycles. The Labute approximate surface area is 273 Å². The van der Waals surface area contributed by atoms with Crippen LogP contribution in [0.4, 0.5) is 0 Å². The molecule has 0 spiro atoms. The molecule has 1 aliphatic rings. The average Bonchev–Trinajstić information content (AvgIpc) is 3.04. The van der Waals surface area contributed by atoms with E-state index in [-0.39, 0.29) is 12.5 Å². The summed E-state index contributed by atoms with van der Waals surface area (Å²) in [4.78, 5) is 12.8. The molecular weight excluding hydrogens is 574 g/mol. The third-order valence-corrected chi connectivity index (χ3v) is 8.56. The summed E-state index contributed by atoms with van der Waals surface area (Å²) < 4.78 is 11.1. The monoisotopic (exact) mass is 641 g/mol. The molecule has 0 aromatic heterocycles. The van der Waals surface area contributed by atoms with Crippen molar-refractivity contribution in [2.45, 2.75) is 185 Å². The predicted octanol–water partition coefficient (Wildman–Crippen LogP) is 5.60. The Hall–Kier alpha value is -1.33. The van der Waals surface area contributed by atoms with Crippen molar-refractivity contribution in [2.24, 2.45) is 0 Å². The molecule has 1 amide bonds. The van der Waals surface area contributed by atoms with Crippen molar-refractivity contribution in [1.82, 2.24) is 5.32 Å². The normalized spacial score (nSPS) is 23.6. The van der Waals surface area contributed by atoms with Crippen LogP contribution in [0.15, 0.2) is 24.3 Å². The van der Waals surface area contributed by atoms with Crippen molar-refractivity contribution < 1.29 is 39.8 Å². The van der Waals surface area contributed by atoms with Crippen molar-refractivity contribution in [3.05, 3.63) is 24.3 Å². The molecule has 264 valence electrons. The second kappa shape index (κ2) is 27.8. The van der Waals surface area contributed by atoms with Crippen molar-refractivity contribution in [1.29, 1.82) is 0 Å². The van der Waals surface area contributed by atoms with E-state index in [9.17, 15) is 30.3 Å². The molecule has 7 atom stereocenters. The molecule has 7 unspecified atom stereocenters. The number of carbonyl (C=O) groups excluding carboxylic acids is 1. The first-order valence-electron chi connectivity index (χ1n) is 18.0. The van der Waals surface area contributed by atoms with E-state index in [1.165, 1.54) is 51.4 Å². The smallest absolute Gasteiger partial charge is 0.220 e. The fourth-order valence-electron chi connectivity index (χ4n) is 5.54. The molecule has 45 heavy (non-hydrogen) atoms. The van der Waals surface area contributed by atoms with Crippen molar-refractivity contribution >= 4 is 5.91 Å². The van der Waals surface area contributed by atoms with Crippen LogP contribution in [0.3, 0.4) is 0 Å². The number of aliphatic hydroxyl groups excluding tert-OH is 5. The zero-order valence-corrected chi connectivity index (χ0v) is 28.4. The van der Waals surface area contributed by atoms with Crippen molar-refractivity contribution in [3.8, 4) is 0 Å². The summed E-state index contributed by atoms with van der Waals surface area (Å²) in [5.74, 6) is -0.165. The van der Waals surface area contributed by atoms with Crippen LogP contribution < -0.4 is 5.32 Å². The topological polar surface area (TPSA) is 149 Å². The summed E-state index contributed by atoms with van der Waals surface area (Å²) in [5, 5.41) is 53.7. The second-order valence-electron chi connectivity index (χ2n) is 12.7. The Bertz CT molecular complexity index is 761. The number of aliphatic hydroxyl groups is 5. The number of nitrogens with one attached hydrogen (secondary N) is 1. The van der Waals surface area contributed by atoms with Crippen molar-refractivity contribution in [2.75, 3.05) is 13.2 Å². The standard InChI is InChI=1S/C36H67NO8/c1-3-5-7-9-11-12-13-14-15-16-17-18-20-22-24-26-32(40)37-29(30(39)25-23-21-19-10-8-6-4-2)28-44-36-35(43)34(42)33(41)31(27-38)45-36/h11-12,14-15,29-31,33-36,38-39,41-43H,3-10,13,16-28H2,1-2H3,(H,37,40)/b12-11-,15-14-. The molecule has 0 bridgehead atoms. The molecular formula is C36H67NO8. The van der Waals surface area contributed by atoms with Crippen molar-refractivity contribution in [3.63, 3.8) is 0 Å². The highest BCUT2D eigenvalue weighted by molar-refractivity contribution is 5.76. The molecule has 0 radical (unpaired) electrons. The fourth-order valence-corrected chi connectivity index (χ4v) is 5.54. The first-order valence-corrected chi connectivity index (χ1v) is 18.0. The Kier molecular flexibility index (Phi) is 25.7. The molecule has 0 aromatic rings. The van der Waals surface area contributed by atoms with Crippen LogP contribution in [-0.2, 0) is 14.3 Å². The zero-order valence-electron chi connectivity index (χ0n) is 28.4. The van der Waals surface area contributed by atoms with E-state index in [4.69, 9.17) is 9.47 Å². The summed E-state index contributed by atoms with van der Waals surface area (Å²) in [6.45, 7) is 3.71. The lowest BCUT2D eigenvalue weighted by Crippen LogP contribution is -2.60. The summed E-state index contributed by atoms with van der Waals surface area (Å²) in [5.41, 5.74) is 0. The Morgan fingerprint density at radius 3 is 1.96 bits per heavy atom. The summed E-state index contributed by atoms with van der Waals surface area (Å²) >= 11 is 0. The quantitative estimate of drug-likeness (QED) is 0.0478. The van der Waals surface area contributed by atoms with Gasteiger partial charge in [0.1, 0.15) is 24.4 Å². The SMILES string of the molecule is CCCCC/C=C\C/C=C\CCCCCCCC(=O)NC(COC1OC(CO)C(O)C(O)C1O)C(O)CCCCCCCCC. The molecule has 9 heteroatoms. The molecule has 1 rings (SSSR count). The lowest BCUT2D eigenvalue weighted by molar-refractivity contribution is -0.302. The summed E-state index contributed by atoms with van der Waals surface area (Å²) in [7, 11) is 0. The number of rotatable bonds is 28.